The first-order valence-electron chi connectivity index (χ1n) is 9.43. The molecule has 1 N–H and O–H groups in total. The maximum atomic E-state index is 5.57. The molecule has 1 rings (SSSR count). The monoisotopic (exact) mass is 471 g/mol. The summed E-state index contributed by atoms with van der Waals surface area (Å²) in [7, 11) is 3.92. The summed E-state index contributed by atoms with van der Waals surface area (Å²) in [6.45, 7) is 8.64. The highest BCUT2D eigenvalue weighted by Gasteiger charge is 2.15. The number of unbranched alkanes of at least 4 members (excludes halogenated alkanes) is 1. The summed E-state index contributed by atoms with van der Waals surface area (Å²) in [6.07, 6.45) is 5.87. The van der Waals surface area contributed by atoms with Gasteiger partial charge in [0.05, 0.1) is 19.8 Å². The molecule has 150 valence electrons. The Balaban J connectivity index is 0.00000576. The Hall–Kier alpha value is -0.120. The van der Waals surface area contributed by atoms with Crippen LogP contribution in [0, 0.1) is 5.92 Å². The molecule has 0 aromatic rings. The van der Waals surface area contributed by atoms with Crippen LogP contribution in [0.25, 0.3) is 0 Å². The first-order chi connectivity index (χ1) is 11.8. The summed E-state index contributed by atoms with van der Waals surface area (Å²) in [5.41, 5.74) is 0. The molecule has 0 amide bonds. The lowest BCUT2D eigenvalue weighted by Gasteiger charge is -2.26. The van der Waals surface area contributed by atoms with Crippen molar-refractivity contribution in [3.8, 4) is 0 Å². The largest absolute Gasteiger partial charge is 0.381 e. The standard InChI is InChI=1S/C18H37N3O3.HI/c1-4-5-11-22-15-16-24-14-9-20-18(19-2)21(3)10-6-17-7-12-23-13-8-17;/h17H,4-16H2,1-3H3,(H,19,20);1H. The third-order valence-corrected chi connectivity index (χ3v) is 4.33. The van der Waals surface area contributed by atoms with Crippen molar-refractivity contribution in [3.05, 3.63) is 0 Å². The van der Waals surface area contributed by atoms with Crippen LogP contribution in [0.5, 0.6) is 0 Å². The Kier molecular flexibility index (Phi) is 17.2. The van der Waals surface area contributed by atoms with Gasteiger partial charge < -0.3 is 24.4 Å². The second-order valence-corrected chi connectivity index (χ2v) is 6.32. The van der Waals surface area contributed by atoms with Crippen LogP contribution in [0.3, 0.4) is 0 Å². The van der Waals surface area contributed by atoms with Crippen molar-refractivity contribution < 1.29 is 14.2 Å². The predicted octanol–water partition coefficient (Wildman–Crippen LogP) is 2.76. The van der Waals surface area contributed by atoms with Gasteiger partial charge in [0.2, 0.25) is 0 Å². The quantitative estimate of drug-likeness (QED) is 0.205. The van der Waals surface area contributed by atoms with Gasteiger partial charge >= 0.3 is 0 Å². The number of ether oxygens (including phenoxy) is 3. The van der Waals surface area contributed by atoms with Crippen LogP contribution in [0.1, 0.15) is 39.0 Å². The normalized spacial score (nSPS) is 15.7. The average molecular weight is 471 g/mol. The fraction of sp³-hybridized carbons (Fsp3) is 0.944. The van der Waals surface area contributed by atoms with Gasteiger partial charge in [-0.1, -0.05) is 13.3 Å². The summed E-state index contributed by atoms with van der Waals surface area (Å²) < 4.78 is 16.4. The lowest BCUT2D eigenvalue weighted by Crippen LogP contribution is -2.41. The number of nitrogens with one attached hydrogen (secondary N) is 1. The molecule has 25 heavy (non-hydrogen) atoms. The van der Waals surface area contributed by atoms with Gasteiger partial charge in [0.1, 0.15) is 0 Å². The number of hydrogen-bond donors (Lipinski definition) is 1. The molecule has 1 aliphatic heterocycles. The van der Waals surface area contributed by atoms with Crippen molar-refractivity contribution >= 4 is 29.9 Å². The molecule has 0 aromatic heterocycles. The first kappa shape index (κ1) is 24.9. The summed E-state index contributed by atoms with van der Waals surface area (Å²) in [5, 5.41) is 3.35. The molecule has 0 aliphatic carbocycles. The van der Waals surface area contributed by atoms with E-state index in [4.69, 9.17) is 14.2 Å². The molecule has 0 saturated carbocycles. The fourth-order valence-corrected chi connectivity index (χ4v) is 2.71. The molecule has 0 radical (unpaired) electrons. The highest BCUT2D eigenvalue weighted by atomic mass is 127. The molecule has 1 heterocycles. The van der Waals surface area contributed by atoms with Crippen molar-refractivity contribution in [3.63, 3.8) is 0 Å². The Morgan fingerprint density at radius 2 is 1.84 bits per heavy atom. The van der Waals surface area contributed by atoms with Crippen molar-refractivity contribution in [2.75, 3.05) is 66.8 Å². The number of nitrogens with zero attached hydrogens (tertiary/aromatic N) is 2. The Bertz CT molecular complexity index is 327. The van der Waals surface area contributed by atoms with Gasteiger partial charge in [0.15, 0.2) is 5.96 Å². The first-order valence-corrected chi connectivity index (χ1v) is 9.43. The third-order valence-electron chi connectivity index (χ3n) is 4.33. The van der Waals surface area contributed by atoms with E-state index < -0.39 is 0 Å². The fourth-order valence-electron chi connectivity index (χ4n) is 2.71. The molecular formula is C18H38IN3O3. The summed E-state index contributed by atoms with van der Waals surface area (Å²) >= 11 is 0. The van der Waals surface area contributed by atoms with Gasteiger partial charge in [-0.2, -0.15) is 0 Å². The van der Waals surface area contributed by atoms with E-state index in [1.165, 1.54) is 25.7 Å². The second kappa shape index (κ2) is 17.3. The van der Waals surface area contributed by atoms with Crippen LogP contribution in [-0.2, 0) is 14.2 Å². The molecule has 1 saturated heterocycles. The minimum Gasteiger partial charge on any atom is -0.381 e. The predicted molar refractivity (Wildman–Crippen MR) is 114 cm³/mol. The lowest BCUT2D eigenvalue weighted by molar-refractivity contribution is 0.0485. The van der Waals surface area contributed by atoms with Crippen LogP contribution < -0.4 is 5.32 Å². The highest BCUT2D eigenvalue weighted by molar-refractivity contribution is 14.0. The Labute approximate surface area is 171 Å². The van der Waals surface area contributed by atoms with Crippen LogP contribution in [0.4, 0.5) is 0 Å². The molecule has 1 fully saturated rings. The van der Waals surface area contributed by atoms with E-state index in [0.29, 0.717) is 19.8 Å². The van der Waals surface area contributed by atoms with Crippen LogP contribution in [-0.4, -0.2) is 77.7 Å². The summed E-state index contributed by atoms with van der Waals surface area (Å²) in [6, 6.07) is 0. The second-order valence-electron chi connectivity index (χ2n) is 6.32. The lowest BCUT2D eigenvalue weighted by atomic mass is 9.96. The SMILES string of the molecule is CCCCOCCOCCNC(=NC)N(C)CCC1CCOCC1.I. The maximum Gasteiger partial charge on any atom is 0.193 e. The molecule has 0 spiro atoms. The molecule has 0 atom stereocenters. The van der Waals surface area contributed by atoms with Crippen LogP contribution in [0.15, 0.2) is 4.99 Å². The van der Waals surface area contributed by atoms with E-state index >= 15 is 0 Å². The number of aliphatic imine (C=N–C) groups is 1. The minimum absolute atomic E-state index is 0. The number of hydrogen-bond acceptors (Lipinski definition) is 4. The van der Waals surface area contributed by atoms with E-state index in [0.717, 1.165) is 51.2 Å². The van der Waals surface area contributed by atoms with Gasteiger partial charge in [-0.25, -0.2) is 0 Å². The zero-order valence-corrected chi connectivity index (χ0v) is 18.6. The molecule has 7 heteroatoms. The molecule has 0 aromatic carbocycles. The summed E-state index contributed by atoms with van der Waals surface area (Å²) in [4.78, 5) is 6.54. The number of rotatable bonds is 12. The van der Waals surface area contributed by atoms with Crippen molar-refractivity contribution in [2.24, 2.45) is 10.9 Å². The third kappa shape index (κ3) is 12.8. The van der Waals surface area contributed by atoms with Crippen molar-refractivity contribution in [2.45, 2.75) is 39.0 Å². The Morgan fingerprint density at radius 1 is 1.16 bits per heavy atom. The molecule has 0 bridgehead atoms. The van der Waals surface area contributed by atoms with E-state index in [1.54, 1.807) is 0 Å². The van der Waals surface area contributed by atoms with Gasteiger partial charge in [-0.3, -0.25) is 4.99 Å². The van der Waals surface area contributed by atoms with Gasteiger partial charge in [0, 0.05) is 47.0 Å². The molecule has 1 aliphatic rings. The Morgan fingerprint density at radius 3 is 2.48 bits per heavy atom. The van der Waals surface area contributed by atoms with Gasteiger partial charge in [-0.15, -0.1) is 24.0 Å². The molecular weight excluding hydrogens is 433 g/mol. The van der Waals surface area contributed by atoms with E-state index in [1.807, 2.05) is 7.05 Å². The van der Waals surface area contributed by atoms with E-state index in [2.05, 4.69) is 29.2 Å². The molecule has 0 unspecified atom stereocenters. The average Bonchev–Trinajstić information content (AvgIpc) is 2.62. The van der Waals surface area contributed by atoms with Crippen LogP contribution in [0.2, 0.25) is 0 Å². The maximum absolute atomic E-state index is 5.57. The van der Waals surface area contributed by atoms with Crippen molar-refractivity contribution in [1.82, 2.24) is 10.2 Å². The van der Waals surface area contributed by atoms with Gasteiger partial charge in [0.25, 0.3) is 0 Å². The topological polar surface area (TPSA) is 55.3 Å². The zero-order chi connectivity index (χ0) is 17.5. The molecule has 6 nitrogen and oxygen atoms in total. The number of guanidine groups is 1. The van der Waals surface area contributed by atoms with E-state index in [9.17, 15) is 0 Å². The van der Waals surface area contributed by atoms with Crippen molar-refractivity contribution in [1.29, 1.82) is 0 Å². The number of halogens is 1. The minimum atomic E-state index is 0. The van der Waals surface area contributed by atoms with E-state index in [-0.39, 0.29) is 24.0 Å². The highest BCUT2D eigenvalue weighted by Crippen LogP contribution is 2.18. The van der Waals surface area contributed by atoms with Crippen LogP contribution >= 0.6 is 24.0 Å². The van der Waals surface area contributed by atoms with Gasteiger partial charge in [-0.05, 0) is 31.6 Å². The summed E-state index contributed by atoms with van der Waals surface area (Å²) in [5.74, 6) is 1.72. The zero-order valence-electron chi connectivity index (χ0n) is 16.3. The smallest absolute Gasteiger partial charge is 0.193 e.